The molecular weight excluding hydrogens is 112 g/mol. The molecule has 1 heterocycles. The highest BCUT2D eigenvalue weighted by Crippen LogP contribution is 2.06. The fourth-order valence-electron chi connectivity index (χ4n) is 0.245. The number of hydrogen-bond donors (Lipinski definition) is 0. The summed E-state index contributed by atoms with van der Waals surface area (Å²) in [5.74, 6) is 0. The van der Waals surface area contributed by atoms with Gasteiger partial charge in [-0.15, -0.1) is 16.9 Å². The van der Waals surface area contributed by atoms with E-state index in [1.165, 1.54) is 18.0 Å². The Morgan fingerprint density at radius 1 is 1.86 bits per heavy atom. The Kier molecular flexibility index (Phi) is 1.31. The molecule has 0 aromatic carbocycles. The van der Waals surface area contributed by atoms with Crippen molar-refractivity contribution in [2.24, 2.45) is 0 Å². The Balaban J connectivity index is 2.76. The molecule has 7 heavy (non-hydrogen) atoms. The molecule has 0 fully saturated rings. The fraction of sp³-hybridized carbons (Fsp3) is 0.333. The number of thioether (sulfide) groups is 1. The van der Waals surface area contributed by atoms with E-state index >= 15 is 0 Å². The first-order valence-electron chi connectivity index (χ1n) is 1.74. The minimum Gasteiger partial charge on any atom is -0.344 e. The van der Waals surface area contributed by atoms with Crippen molar-refractivity contribution in [3.05, 3.63) is 6.26 Å². The molecular formula is C3H4N2OS. The molecule has 0 spiro atoms. The second-order valence-corrected chi connectivity index (χ2v) is 1.77. The van der Waals surface area contributed by atoms with Crippen LogP contribution in [0.5, 0.6) is 0 Å². The summed E-state index contributed by atoms with van der Waals surface area (Å²) in [6.45, 7) is 0. The minimum atomic E-state index is 0.819. The van der Waals surface area contributed by atoms with Gasteiger partial charge in [-0.2, -0.15) is 0 Å². The average molecular weight is 116 g/mol. The fourth-order valence-corrected chi connectivity index (χ4v) is 0.499. The summed E-state index contributed by atoms with van der Waals surface area (Å²) in [6.07, 6.45) is 3.42. The van der Waals surface area contributed by atoms with Gasteiger partial charge < -0.3 is 4.52 Å². The van der Waals surface area contributed by atoms with Gasteiger partial charge in [0.25, 0.3) is 0 Å². The molecule has 0 aliphatic carbocycles. The highest BCUT2D eigenvalue weighted by atomic mass is 32.2. The van der Waals surface area contributed by atoms with Crippen molar-refractivity contribution >= 4 is 11.8 Å². The van der Waals surface area contributed by atoms with Crippen molar-refractivity contribution in [1.29, 1.82) is 0 Å². The summed E-state index contributed by atoms with van der Waals surface area (Å²) >= 11 is 1.51. The number of hydrogen-bond acceptors (Lipinski definition) is 4. The van der Waals surface area contributed by atoms with E-state index in [1.807, 2.05) is 6.26 Å². The van der Waals surface area contributed by atoms with Crippen LogP contribution in [0.15, 0.2) is 15.8 Å². The van der Waals surface area contributed by atoms with Crippen LogP contribution in [0.3, 0.4) is 0 Å². The Morgan fingerprint density at radius 2 is 2.71 bits per heavy atom. The molecule has 38 valence electrons. The Hall–Kier alpha value is -0.510. The molecule has 0 atom stereocenters. The smallest absolute Gasteiger partial charge is 0.160 e. The zero-order valence-corrected chi connectivity index (χ0v) is 4.60. The van der Waals surface area contributed by atoms with Gasteiger partial charge in [0.2, 0.25) is 0 Å². The van der Waals surface area contributed by atoms with Crippen LogP contribution >= 0.6 is 11.8 Å². The van der Waals surface area contributed by atoms with E-state index in [2.05, 4.69) is 14.9 Å². The third kappa shape index (κ3) is 0.928. The summed E-state index contributed by atoms with van der Waals surface area (Å²) in [5, 5.41) is 7.65. The van der Waals surface area contributed by atoms with Gasteiger partial charge >= 0.3 is 0 Å². The average Bonchev–Trinajstić information content (AvgIpc) is 2.14. The molecule has 1 rings (SSSR count). The predicted octanol–water partition coefficient (Wildman–Crippen LogP) is 0.791. The Bertz CT molecular complexity index is 127. The quantitative estimate of drug-likeness (QED) is 0.508. The lowest BCUT2D eigenvalue weighted by atomic mass is 11.0. The van der Waals surface area contributed by atoms with Crippen LogP contribution < -0.4 is 0 Å². The number of rotatable bonds is 1. The van der Waals surface area contributed by atoms with Crippen LogP contribution in [0.2, 0.25) is 0 Å². The lowest BCUT2D eigenvalue weighted by molar-refractivity contribution is 0.392. The summed E-state index contributed by atoms with van der Waals surface area (Å²) < 4.78 is 4.42. The monoisotopic (exact) mass is 116 g/mol. The molecule has 1 aromatic heterocycles. The molecule has 0 saturated carbocycles. The van der Waals surface area contributed by atoms with Crippen molar-refractivity contribution in [2.45, 2.75) is 5.03 Å². The van der Waals surface area contributed by atoms with Gasteiger partial charge in [-0.1, -0.05) is 0 Å². The van der Waals surface area contributed by atoms with Gasteiger partial charge in [0, 0.05) is 5.27 Å². The summed E-state index contributed by atoms with van der Waals surface area (Å²) in [6, 6.07) is 0. The first-order valence-corrected chi connectivity index (χ1v) is 2.97. The van der Waals surface area contributed by atoms with Crippen LogP contribution in [0, 0.1) is 0 Å². The summed E-state index contributed by atoms with van der Waals surface area (Å²) in [5.41, 5.74) is 0. The highest BCUT2D eigenvalue weighted by molar-refractivity contribution is 7.98. The first kappa shape index (κ1) is 4.64. The van der Waals surface area contributed by atoms with Gasteiger partial charge in [0.1, 0.15) is 0 Å². The molecule has 0 radical (unpaired) electrons. The van der Waals surface area contributed by atoms with Crippen molar-refractivity contribution in [3.8, 4) is 0 Å². The van der Waals surface area contributed by atoms with E-state index in [1.54, 1.807) is 0 Å². The zero-order chi connectivity index (χ0) is 5.11. The largest absolute Gasteiger partial charge is 0.344 e. The van der Waals surface area contributed by atoms with Gasteiger partial charge in [-0.25, -0.2) is 0 Å². The lowest BCUT2D eigenvalue weighted by Crippen LogP contribution is -1.65. The van der Waals surface area contributed by atoms with Crippen LogP contribution in [-0.2, 0) is 0 Å². The lowest BCUT2D eigenvalue weighted by Gasteiger charge is -1.72. The predicted molar refractivity (Wildman–Crippen MR) is 26.1 cm³/mol. The van der Waals surface area contributed by atoms with E-state index < -0.39 is 0 Å². The third-order valence-corrected chi connectivity index (χ3v) is 1.15. The van der Waals surface area contributed by atoms with Crippen LogP contribution in [-0.4, -0.2) is 16.6 Å². The normalized spacial score (nSPS) is 9.29. The van der Waals surface area contributed by atoms with E-state index in [9.17, 15) is 0 Å². The van der Waals surface area contributed by atoms with Gasteiger partial charge in [-0.05, 0) is 6.26 Å². The number of nitrogens with zero attached hydrogens (tertiary/aromatic N) is 2. The molecule has 0 aliphatic heterocycles. The Morgan fingerprint density at radius 3 is 3.00 bits per heavy atom. The van der Waals surface area contributed by atoms with Crippen molar-refractivity contribution in [1.82, 2.24) is 10.4 Å². The van der Waals surface area contributed by atoms with Crippen LogP contribution in [0.25, 0.3) is 0 Å². The standard InChI is InChI=1S/C3H4N2OS/c1-7-3-2-6-5-4-3/h2H,1H3. The van der Waals surface area contributed by atoms with Crippen molar-refractivity contribution in [3.63, 3.8) is 0 Å². The second-order valence-electron chi connectivity index (χ2n) is 0.947. The van der Waals surface area contributed by atoms with E-state index in [0.717, 1.165) is 5.03 Å². The maximum atomic E-state index is 4.42. The Labute approximate surface area is 45.1 Å². The van der Waals surface area contributed by atoms with E-state index in [0.29, 0.717) is 0 Å². The van der Waals surface area contributed by atoms with Gasteiger partial charge in [0.15, 0.2) is 11.3 Å². The topological polar surface area (TPSA) is 38.9 Å². The molecule has 0 unspecified atom stereocenters. The van der Waals surface area contributed by atoms with E-state index in [-0.39, 0.29) is 0 Å². The molecule has 1 aromatic rings. The molecule has 0 amide bonds. The maximum Gasteiger partial charge on any atom is 0.160 e. The summed E-state index contributed by atoms with van der Waals surface area (Å²) in [4.78, 5) is 0. The molecule has 0 N–H and O–H groups in total. The zero-order valence-electron chi connectivity index (χ0n) is 3.79. The van der Waals surface area contributed by atoms with Crippen LogP contribution in [0.1, 0.15) is 0 Å². The minimum absolute atomic E-state index is 0.819. The van der Waals surface area contributed by atoms with E-state index in [4.69, 9.17) is 0 Å². The third-order valence-electron chi connectivity index (χ3n) is 0.549. The van der Waals surface area contributed by atoms with Crippen molar-refractivity contribution in [2.75, 3.05) is 6.26 Å². The highest BCUT2D eigenvalue weighted by Gasteiger charge is 1.88. The molecule has 0 aliphatic rings. The van der Waals surface area contributed by atoms with Crippen LogP contribution in [0.4, 0.5) is 0 Å². The molecule has 0 bridgehead atoms. The van der Waals surface area contributed by atoms with Gasteiger partial charge in [-0.3, -0.25) is 0 Å². The van der Waals surface area contributed by atoms with Gasteiger partial charge in [0.05, 0.1) is 0 Å². The maximum absolute atomic E-state index is 4.42. The second kappa shape index (κ2) is 1.97. The summed E-state index contributed by atoms with van der Waals surface area (Å²) in [7, 11) is 0. The first-order chi connectivity index (χ1) is 3.43. The molecule has 3 nitrogen and oxygen atoms in total. The molecule has 0 saturated heterocycles. The molecule has 4 heteroatoms. The van der Waals surface area contributed by atoms with Crippen molar-refractivity contribution < 1.29 is 4.52 Å². The number of aromatic nitrogens is 2. The SMILES string of the molecule is CSc1conn1.